The summed E-state index contributed by atoms with van der Waals surface area (Å²) < 4.78 is 5.43. The van der Waals surface area contributed by atoms with E-state index in [0.29, 0.717) is 13.2 Å². The molecule has 0 atom stereocenters. The molecule has 0 aromatic carbocycles. The summed E-state index contributed by atoms with van der Waals surface area (Å²) >= 11 is 0. The molecule has 0 fully saturated rings. The first kappa shape index (κ1) is 23.0. The molecule has 0 rings (SSSR count). The molecule has 0 radical (unpaired) electrons. The highest BCUT2D eigenvalue weighted by molar-refractivity contribution is 5.85. The fraction of sp³-hybridized carbons (Fsp3) is 0.938. The van der Waals surface area contributed by atoms with Gasteiger partial charge in [-0.3, -0.25) is 4.79 Å². The first-order chi connectivity index (χ1) is 9.77. The van der Waals surface area contributed by atoms with E-state index in [2.05, 4.69) is 12.2 Å². The zero-order valence-corrected chi connectivity index (χ0v) is 14.4. The van der Waals surface area contributed by atoms with E-state index in [-0.39, 0.29) is 19.0 Å². The Bertz CT molecular complexity index is 216. The third-order valence-corrected chi connectivity index (χ3v) is 3.34. The normalized spacial score (nSPS) is 10.3. The minimum Gasteiger partial charge on any atom is -0.480 e. The molecule has 0 aromatic heterocycles. The van der Waals surface area contributed by atoms with Gasteiger partial charge in [0.15, 0.2) is 0 Å². The highest BCUT2D eigenvalue weighted by atomic mass is 35.5. The van der Waals surface area contributed by atoms with Crippen LogP contribution in [0.4, 0.5) is 0 Å². The van der Waals surface area contributed by atoms with Crippen LogP contribution in [0.15, 0.2) is 0 Å². The molecule has 0 saturated heterocycles. The van der Waals surface area contributed by atoms with Gasteiger partial charge in [0.2, 0.25) is 0 Å². The summed E-state index contributed by atoms with van der Waals surface area (Å²) in [4.78, 5) is 10.2. The van der Waals surface area contributed by atoms with Crippen LogP contribution in [0, 0.1) is 0 Å². The van der Waals surface area contributed by atoms with Crippen LogP contribution in [0.3, 0.4) is 0 Å². The summed E-state index contributed by atoms with van der Waals surface area (Å²) in [5.41, 5.74) is 0. The summed E-state index contributed by atoms with van der Waals surface area (Å²) in [6.45, 7) is 4.28. The van der Waals surface area contributed by atoms with E-state index in [0.717, 1.165) is 13.0 Å². The molecule has 0 unspecified atom stereocenters. The number of carbonyl (C=O) groups is 1. The number of ether oxygens (including phenoxy) is 1. The first-order valence-corrected chi connectivity index (χ1v) is 8.27. The zero-order valence-electron chi connectivity index (χ0n) is 13.6. The number of hydrogen-bond donors (Lipinski definition) is 2. The van der Waals surface area contributed by atoms with Crippen LogP contribution in [-0.2, 0) is 9.53 Å². The Kier molecular flexibility index (Phi) is 21.5. The maximum atomic E-state index is 10.2. The zero-order chi connectivity index (χ0) is 14.9. The monoisotopic (exact) mass is 323 g/mol. The summed E-state index contributed by atoms with van der Waals surface area (Å²) in [5, 5.41) is 11.2. The fourth-order valence-corrected chi connectivity index (χ4v) is 2.13. The minimum atomic E-state index is -0.820. The van der Waals surface area contributed by atoms with Crippen molar-refractivity contribution in [1.82, 2.24) is 5.32 Å². The van der Waals surface area contributed by atoms with E-state index in [1.807, 2.05) is 0 Å². The molecular formula is C16H34ClNO3. The number of hydrogen-bond acceptors (Lipinski definition) is 3. The van der Waals surface area contributed by atoms with Crippen molar-refractivity contribution < 1.29 is 14.6 Å². The van der Waals surface area contributed by atoms with Crippen molar-refractivity contribution in [2.45, 2.75) is 71.1 Å². The molecule has 0 amide bonds. The lowest BCUT2D eigenvalue weighted by molar-refractivity contribution is -0.136. The largest absolute Gasteiger partial charge is 0.480 e. The first-order valence-electron chi connectivity index (χ1n) is 8.27. The molecule has 0 spiro atoms. The molecule has 4 nitrogen and oxygen atoms in total. The van der Waals surface area contributed by atoms with Gasteiger partial charge < -0.3 is 15.2 Å². The quantitative estimate of drug-likeness (QED) is 0.421. The number of aliphatic carboxylic acids is 1. The molecule has 0 aliphatic carbocycles. The average Bonchev–Trinajstić information content (AvgIpc) is 2.43. The lowest BCUT2D eigenvalue weighted by atomic mass is 10.1. The standard InChI is InChI=1S/C16H33NO3.ClH/c1-2-3-4-5-6-7-8-9-10-11-13-20-14-12-17-15-16(18)19;/h17H,2-15H2,1H3,(H,18,19);1H. The van der Waals surface area contributed by atoms with Crippen molar-refractivity contribution in [2.24, 2.45) is 0 Å². The lowest BCUT2D eigenvalue weighted by Crippen LogP contribution is -2.26. The number of unbranched alkanes of at least 4 members (excludes halogenated alkanes) is 9. The summed E-state index contributed by atoms with van der Waals surface area (Å²) in [6.07, 6.45) is 13.3. The van der Waals surface area contributed by atoms with Gasteiger partial charge in [0, 0.05) is 13.2 Å². The lowest BCUT2D eigenvalue weighted by Gasteiger charge is -2.05. The number of halogens is 1. The van der Waals surface area contributed by atoms with Crippen LogP contribution in [0.25, 0.3) is 0 Å². The SMILES string of the molecule is CCCCCCCCCCCCOCCNCC(=O)O.Cl. The smallest absolute Gasteiger partial charge is 0.317 e. The predicted molar refractivity (Wildman–Crippen MR) is 90.4 cm³/mol. The van der Waals surface area contributed by atoms with Gasteiger partial charge in [0.05, 0.1) is 13.2 Å². The molecule has 128 valence electrons. The molecule has 0 heterocycles. The van der Waals surface area contributed by atoms with Gasteiger partial charge in [-0.2, -0.15) is 0 Å². The third-order valence-electron chi connectivity index (χ3n) is 3.34. The second-order valence-electron chi connectivity index (χ2n) is 5.36. The molecule has 21 heavy (non-hydrogen) atoms. The maximum absolute atomic E-state index is 10.2. The van der Waals surface area contributed by atoms with Crippen molar-refractivity contribution >= 4 is 18.4 Å². The topological polar surface area (TPSA) is 58.6 Å². The Morgan fingerprint density at radius 1 is 0.905 bits per heavy atom. The van der Waals surface area contributed by atoms with Gasteiger partial charge in [0.1, 0.15) is 0 Å². The van der Waals surface area contributed by atoms with Gasteiger partial charge in [-0.25, -0.2) is 0 Å². The van der Waals surface area contributed by atoms with E-state index in [4.69, 9.17) is 9.84 Å². The van der Waals surface area contributed by atoms with Crippen molar-refractivity contribution in [3.8, 4) is 0 Å². The van der Waals surface area contributed by atoms with Crippen molar-refractivity contribution in [3.63, 3.8) is 0 Å². The van der Waals surface area contributed by atoms with E-state index < -0.39 is 5.97 Å². The highest BCUT2D eigenvalue weighted by Gasteiger charge is 1.95. The molecular weight excluding hydrogens is 290 g/mol. The minimum absolute atomic E-state index is 0. The Morgan fingerprint density at radius 2 is 1.43 bits per heavy atom. The Morgan fingerprint density at radius 3 is 1.95 bits per heavy atom. The van der Waals surface area contributed by atoms with Crippen molar-refractivity contribution in [1.29, 1.82) is 0 Å². The molecule has 0 aromatic rings. The number of nitrogens with one attached hydrogen (secondary N) is 1. The van der Waals surface area contributed by atoms with E-state index >= 15 is 0 Å². The third kappa shape index (κ3) is 22.1. The Hall–Kier alpha value is -0.320. The summed E-state index contributed by atoms with van der Waals surface area (Å²) in [6, 6.07) is 0. The van der Waals surface area contributed by atoms with Gasteiger partial charge >= 0.3 is 5.97 Å². The second-order valence-corrected chi connectivity index (χ2v) is 5.36. The predicted octanol–water partition coefficient (Wildman–Crippen LogP) is 4.02. The molecule has 2 N–H and O–H groups in total. The van der Waals surface area contributed by atoms with Gasteiger partial charge in [0.25, 0.3) is 0 Å². The van der Waals surface area contributed by atoms with Gasteiger partial charge in [-0.15, -0.1) is 12.4 Å². The van der Waals surface area contributed by atoms with Crippen LogP contribution in [0.5, 0.6) is 0 Å². The van der Waals surface area contributed by atoms with Gasteiger partial charge in [-0.1, -0.05) is 64.7 Å². The molecule has 0 saturated carbocycles. The molecule has 0 aliphatic rings. The average molecular weight is 324 g/mol. The molecule has 5 heteroatoms. The molecule has 0 bridgehead atoms. The Balaban J connectivity index is 0. The van der Waals surface area contributed by atoms with Crippen LogP contribution < -0.4 is 5.32 Å². The van der Waals surface area contributed by atoms with E-state index in [9.17, 15) is 4.79 Å². The van der Waals surface area contributed by atoms with Crippen LogP contribution in [0.1, 0.15) is 71.1 Å². The fourth-order valence-electron chi connectivity index (χ4n) is 2.13. The summed E-state index contributed by atoms with van der Waals surface area (Å²) in [5.74, 6) is -0.820. The van der Waals surface area contributed by atoms with Crippen molar-refractivity contribution in [3.05, 3.63) is 0 Å². The number of carboxylic acid groups (broad SMARTS) is 1. The summed E-state index contributed by atoms with van der Waals surface area (Å²) in [7, 11) is 0. The molecule has 0 aliphatic heterocycles. The van der Waals surface area contributed by atoms with Gasteiger partial charge in [-0.05, 0) is 6.42 Å². The highest BCUT2D eigenvalue weighted by Crippen LogP contribution is 2.10. The van der Waals surface area contributed by atoms with Crippen molar-refractivity contribution in [2.75, 3.05) is 26.3 Å². The van der Waals surface area contributed by atoms with Crippen LogP contribution in [-0.4, -0.2) is 37.4 Å². The second kappa shape index (κ2) is 19.7. The van der Waals surface area contributed by atoms with Crippen LogP contribution >= 0.6 is 12.4 Å². The Labute approximate surface area is 136 Å². The number of rotatable bonds is 16. The van der Waals surface area contributed by atoms with E-state index in [1.54, 1.807) is 0 Å². The maximum Gasteiger partial charge on any atom is 0.317 e. The number of carboxylic acids is 1. The van der Waals surface area contributed by atoms with Crippen LogP contribution in [0.2, 0.25) is 0 Å². The van der Waals surface area contributed by atoms with E-state index in [1.165, 1.54) is 57.8 Å².